The maximum absolute atomic E-state index is 12.1. The van der Waals surface area contributed by atoms with Gasteiger partial charge >= 0.3 is 5.97 Å². The van der Waals surface area contributed by atoms with E-state index in [2.05, 4.69) is 54.5 Å². The molecule has 208 valence electrons. The zero-order valence-corrected chi connectivity index (χ0v) is 24.8. The maximum Gasteiger partial charge on any atom is 0.306 e. The molecule has 0 aliphatic rings. The summed E-state index contributed by atoms with van der Waals surface area (Å²) in [5, 5.41) is 21.0. The third-order valence-electron chi connectivity index (χ3n) is 7.58. The zero-order valence-electron chi connectivity index (χ0n) is 24.8. The number of hydrogen-bond donors (Lipinski definition) is 2. The molecule has 0 bridgehead atoms. The summed E-state index contributed by atoms with van der Waals surface area (Å²) in [5.74, 6) is -0.915. The maximum atomic E-state index is 12.1. The van der Waals surface area contributed by atoms with E-state index in [1.54, 1.807) is 0 Å². The van der Waals surface area contributed by atoms with Crippen molar-refractivity contribution in [3.8, 4) is 5.75 Å². The summed E-state index contributed by atoms with van der Waals surface area (Å²) in [6.45, 7) is 15.1. The van der Waals surface area contributed by atoms with E-state index in [4.69, 9.17) is 0 Å². The third-order valence-corrected chi connectivity index (χ3v) is 7.58. The SMILES string of the molecule is CCCCCCCCCCCCCCCCC(Cc1cc(C(C)(C)C)cc(C(C)(C)C)c1O)C(=O)O. The summed E-state index contributed by atoms with van der Waals surface area (Å²) in [6.07, 6.45) is 19.3. The molecule has 0 amide bonds. The first kappa shape index (κ1) is 32.5. The van der Waals surface area contributed by atoms with Crippen molar-refractivity contribution in [2.75, 3.05) is 0 Å². The molecule has 0 saturated carbocycles. The molecule has 1 unspecified atom stereocenters. The minimum absolute atomic E-state index is 0.0597. The largest absolute Gasteiger partial charge is 0.507 e. The van der Waals surface area contributed by atoms with E-state index in [1.165, 1.54) is 77.0 Å². The van der Waals surface area contributed by atoms with Crippen LogP contribution in [0.25, 0.3) is 0 Å². The molecule has 1 aromatic rings. The van der Waals surface area contributed by atoms with E-state index in [1.807, 2.05) is 6.07 Å². The van der Waals surface area contributed by atoms with Crippen molar-refractivity contribution in [3.05, 3.63) is 28.8 Å². The monoisotopic (exact) mass is 502 g/mol. The molecule has 0 aliphatic heterocycles. The van der Waals surface area contributed by atoms with Crippen LogP contribution in [0.3, 0.4) is 0 Å². The van der Waals surface area contributed by atoms with Crippen LogP contribution in [-0.2, 0) is 22.0 Å². The molecule has 0 aliphatic carbocycles. The first-order valence-electron chi connectivity index (χ1n) is 15.0. The molecule has 0 radical (unpaired) electrons. The molecular formula is C33H58O3. The van der Waals surface area contributed by atoms with Gasteiger partial charge in [0.1, 0.15) is 5.75 Å². The number of aromatic hydroxyl groups is 1. The van der Waals surface area contributed by atoms with Gasteiger partial charge in [0.15, 0.2) is 0 Å². The van der Waals surface area contributed by atoms with Gasteiger partial charge in [0, 0.05) is 0 Å². The fourth-order valence-corrected chi connectivity index (χ4v) is 5.02. The molecule has 0 saturated heterocycles. The lowest BCUT2D eigenvalue weighted by Gasteiger charge is -2.28. The highest BCUT2D eigenvalue weighted by Crippen LogP contribution is 2.39. The number of hydrogen-bond acceptors (Lipinski definition) is 2. The van der Waals surface area contributed by atoms with Gasteiger partial charge in [-0.05, 0) is 40.4 Å². The second-order valence-corrected chi connectivity index (χ2v) is 13.2. The van der Waals surface area contributed by atoms with Crippen LogP contribution >= 0.6 is 0 Å². The standard InChI is InChI=1S/C33H58O3/c1-8-9-10-11-12-13-14-15-16-17-18-19-20-21-22-26(31(35)36)23-27-24-28(32(2,3)4)25-29(30(27)34)33(5,6)7/h24-26,34H,8-23H2,1-7H3,(H,35,36). The van der Waals surface area contributed by atoms with Crippen LogP contribution < -0.4 is 0 Å². The predicted octanol–water partition coefficient (Wildman–Crippen LogP) is 10.1. The Morgan fingerprint density at radius 3 is 1.56 bits per heavy atom. The molecular weight excluding hydrogens is 444 g/mol. The van der Waals surface area contributed by atoms with Crippen LogP contribution in [0.1, 0.15) is 161 Å². The van der Waals surface area contributed by atoms with E-state index in [9.17, 15) is 15.0 Å². The summed E-state index contributed by atoms with van der Waals surface area (Å²) in [7, 11) is 0. The van der Waals surface area contributed by atoms with Gasteiger partial charge in [0.05, 0.1) is 5.92 Å². The van der Waals surface area contributed by atoms with E-state index < -0.39 is 11.9 Å². The van der Waals surface area contributed by atoms with Crippen molar-refractivity contribution < 1.29 is 15.0 Å². The predicted molar refractivity (Wildman–Crippen MR) is 155 cm³/mol. The fourth-order valence-electron chi connectivity index (χ4n) is 5.02. The van der Waals surface area contributed by atoms with Crippen LogP contribution in [0.4, 0.5) is 0 Å². The summed E-state index contributed by atoms with van der Waals surface area (Å²) < 4.78 is 0. The number of carboxylic acids is 1. The average Bonchev–Trinajstić information content (AvgIpc) is 2.77. The van der Waals surface area contributed by atoms with Crippen molar-refractivity contribution in [2.45, 2.75) is 162 Å². The number of phenolic OH excluding ortho intramolecular Hbond substituents is 1. The Labute approximate surface area is 223 Å². The highest BCUT2D eigenvalue weighted by atomic mass is 16.4. The van der Waals surface area contributed by atoms with Crippen molar-refractivity contribution in [1.29, 1.82) is 0 Å². The van der Waals surface area contributed by atoms with Gasteiger partial charge in [-0.15, -0.1) is 0 Å². The molecule has 2 N–H and O–H groups in total. The Morgan fingerprint density at radius 2 is 1.17 bits per heavy atom. The van der Waals surface area contributed by atoms with Gasteiger partial charge < -0.3 is 10.2 Å². The van der Waals surface area contributed by atoms with E-state index in [0.29, 0.717) is 12.8 Å². The molecule has 0 fully saturated rings. The first-order chi connectivity index (χ1) is 16.9. The Balaban J connectivity index is 2.46. The van der Waals surface area contributed by atoms with Gasteiger partial charge in [-0.25, -0.2) is 0 Å². The summed E-state index contributed by atoms with van der Waals surface area (Å²) >= 11 is 0. The normalized spacial score (nSPS) is 13.2. The minimum Gasteiger partial charge on any atom is -0.507 e. The molecule has 1 aromatic carbocycles. The van der Waals surface area contributed by atoms with Crippen molar-refractivity contribution in [2.24, 2.45) is 5.92 Å². The zero-order chi connectivity index (χ0) is 27.2. The lowest BCUT2D eigenvalue weighted by atomic mass is 9.77. The van der Waals surface area contributed by atoms with Crippen LogP contribution in [0.15, 0.2) is 12.1 Å². The molecule has 3 heteroatoms. The molecule has 0 aromatic heterocycles. The van der Waals surface area contributed by atoms with Gasteiger partial charge in [0.25, 0.3) is 0 Å². The van der Waals surface area contributed by atoms with Crippen LogP contribution in [0.5, 0.6) is 5.75 Å². The molecule has 0 spiro atoms. The highest BCUT2D eigenvalue weighted by Gasteiger charge is 2.27. The lowest BCUT2D eigenvalue weighted by Crippen LogP contribution is -2.20. The number of carbonyl (C=O) groups is 1. The Kier molecular flexibility index (Phi) is 14.8. The van der Waals surface area contributed by atoms with Crippen LogP contribution in [0, 0.1) is 5.92 Å². The number of phenols is 1. The number of carboxylic acid groups (broad SMARTS) is 1. The molecule has 36 heavy (non-hydrogen) atoms. The quantitative estimate of drug-likeness (QED) is 0.196. The highest BCUT2D eigenvalue weighted by molar-refractivity contribution is 5.70. The molecule has 1 rings (SSSR count). The van der Waals surface area contributed by atoms with Gasteiger partial charge in [-0.2, -0.15) is 0 Å². The van der Waals surface area contributed by atoms with Gasteiger partial charge in [-0.1, -0.05) is 150 Å². The number of benzene rings is 1. The van der Waals surface area contributed by atoms with E-state index in [0.717, 1.165) is 29.5 Å². The van der Waals surface area contributed by atoms with E-state index in [-0.39, 0.29) is 16.6 Å². The second-order valence-electron chi connectivity index (χ2n) is 13.2. The van der Waals surface area contributed by atoms with Gasteiger partial charge in [0.2, 0.25) is 0 Å². The summed E-state index contributed by atoms with van der Waals surface area (Å²) in [5.41, 5.74) is 2.58. The first-order valence-corrected chi connectivity index (χ1v) is 15.0. The molecule has 0 heterocycles. The van der Waals surface area contributed by atoms with Crippen molar-refractivity contribution >= 4 is 5.97 Å². The van der Waals surface area contributed by atoms with Crippen molar-refractivity contribution in [1.82, 2.24) is 0 Å². The molecule has 3 nitrogen and oxygen atoms in total. The molecule has 1 atom stereocenters. The minimum atomic E-state index is -0.748. The van der Waals surface area contributed by atoms with Gasteiger partial charge in [-0.3, -0.25) is 4.79 Å². The number of unbranched alkanes of at least 4 members (excludes halogenated alkanes) is 13. The van der Waals surface area contributed by atoms with Crippen LogP contribution in [0.2, 0.25) is 0 Å². The number of rotatable bonds is 18. The third kappa shape index (κ3) is 12.6. The lowest BCUT2D eigenvalue weighted by molar-refractivity contribution is -0.142. The summed E-state index contributed by atoms with van der Waals surface area (Å²) in [4.78, 5) is 12.1. The second kappa shape index (κ2) is 16.4. The van der Waals surface area contributed by atoms with Crippen molar-refractivity contribution in [3.63, 3.8) is 0 Å². The fraction of sp³-hybridized carbons (Fsp3) is 0.788. The summed E-state index contributed by atoms with van der Waals surface area (Å²) in [6, 6.07) is 4.13. The Hall–Kier alpha value is -1.51. The Bertz CT molecular complexity index is 751. The van der Waals surface area contributed by atoms with E-state index >= 15 is 0 Å². The van der Waals surface area contributed by atoms with Crippen LogP contribution in [-0.4, -0.2) is 16.2 Å². The topological polar surface area (TPSA) is 57.5 Å². The smallest absolute Gasteiger partial charge is 0.306 e. The number of aliphatic carboxylic acids is 1. The Morgan fingerprint density at radius 1 is 0.722 bits per heavy atom. The average molecular weight is 503 g/mol.